The smallest absolute Gasteiger partial charge is 0.221 e. The number of benzene rings is 1. The van der Waals surface area contributed by atoms with Crippen LogP contribution in [0.15, 0.2) is 73.1 Å². The molecule has 0 bridgehead atoms. The zero-order valence-corrected chi connectivity index (χ0v) is 21.5. The van der Waals surface area contributed by atoms with Crippen molar-refractivity contribution in [1.29, 1.82) is 0 Å². The molecule has 2 N–H and O–H groups in total. The Labute approximate surface area is 216 Å². The first-order chi connectivity index (χ1) is 17.3. The van der Waals surface area contributed by atoms with Gasteiger partial charge in [-0.2, -0.15) is 0 Å². The molecule has 5 rings (SSSR count). The minimum Gasteiger partial charge on any atom is -0.351 e. The minimum atomic E-state index is -0.146. The quantitative estimate of drug-likeness (QED) is 0.364. The number of nitrogens with one attached hydrogen (secondary N) is 2. The summed E-state index contributed by atoms with van der Waals surface area (Å²) in [7, 11) is 0. The van der Waals surface area contributed by atoms with Crippen LogP contribution in [-0.4, -0.2) is 25.6 Å². The van der Waals surface area contributed by atoms with Gasteiger partial charge in [0.05, 0.1) is 17.8 Å². The van der Waals surface area contributed by atoms with Gasteiger partial charge in [-0.25, -0.2) is 4.98 Å². The molecular weight excluding hydrogens is 468 g/mol. The summed E-state index contributed by atoms with van der Waals surface area (Å²) in [4.78, 5) is 23.0. The maximum atomic E-state index is 11.5. The first kappa shape index (κ1) is 23.7. The lowest BCUT2D eigenvalue weighted by atomic mass is 9.96. The van der Waals surface area contributed by atoms with Crippen molar-refractivity contribution < 1.29 is 4.79 Å². The number of nitrogens with zero attached hydrogens (tertiary/aromatic N) is 4. The van der Waals surface area contributed by atoms with Gasteiger partial charge in [0.1, 0.15) is 5.82 Å². The highest BCUT2D eigenvalue weighted by Gasteiger charge is 2.42. The van der Waals surface area contributed by atoms with Crippen LogP contribution in [-0.2, 0) is 4.79 Å². The van der Waals surface area contributed by atoms with E-state index in [1.54, 1.807) is 0 Å². The van der Waals surface area contributed by atoms with E-state index in [2.05, 4.69) is 63.0 Å². The van der Waals surface area contributed by atoms with Crippen molar-refractivity contribution in [1.82, 2.24) is 19.9 Å². The lowest BCUT2D eigenvalue weighted by Crippen LogP contribution is -2.29. The zero-order valence-electron chi connectivity index (χ0n) is 20.7. The molecular formula is C28H28N6OS. The number of carbonyl (C=O) groups is 1. The summed E-state index contributed by atoms with van der Waals surface area (Å²) in [6.45, 7) is 7.81. The summed E-state index contributed by atoms with van der Waals surface area (Å²) in [6.07, 6.45) is 3.63. The molecule has 182 valence electrons. The molecule has 2 atom stereocenters. The second kappa shape index (κ2) is 9.54. The van der Waals surface area contributed by atoms with E-state index in [1.165, 1.54) is 6.92 Å². The van der Waals surface area contributed by atoms with Crippen molar-refractivity contribution in [2.75, 3.05) is 10.2 Å². The third-order valence-corrected chi connectivity index (χ3v) is 6.86. The molecule has 1 amide bonds. The number of aromatic nitrogens is 3. The van der Waals surface area contributed by atoms with E-state index in [0.29, 0.717) is 5.11 Å². The van der Waals surface area contributed by atoms with Gasteiger partial charge >= 0.3 is 0 Å². The fourth-order valence-corrected chi connectivity index (χ4v) is 5.33. The number of thiocarbonyl (C=S) groups is 1. The van der Waals surface area contributed by atoms with Gasteiger partial charge in [0.2, 0.25) is 5.91 Å². The van der Waals surface area contributed by atoms with Crippen molar-refractivity contribution in [3.63, 3.8) is 0 Å². The second-order valence-corrected chi connectivity index (χ2v) is 9.42. The second-order valence-electron chi connectivity index (χ2n) is 9.03. The van der Waals surface area contributed by atoms with Crippen LogP contribution in [0.2, 0.25) is 0 Å². The predicted molar refractivity (Wildman–Crippen MR) is 146 cm³/mol. The maximum absolute atomic E-state index is 11.5. The molecule has 1 fully saturated rings. The van der Waals surface area contributed by atoms with Crippen LogP contribution in [0.4, 0.5) is 11.4 Å². The van der Waals surface area contributed by atoms with E-state index in [1.807, 2.05) is 60.9 Å². The van der Waals surface area contributed by atoms with Crippen LogP contribution in [0.5, 0.6) is 0 Å². The third-order valence-electron chi connectivity index (χ3n) is 6.55. The van der Waals surface area contributed by atoms with Crippen LogP contribution in [0, 0.1) is 20.8 Å². The highest BCUT2D eigenvalue weighted by atomic mass is 32.1. The zero-order chi connectivity index (χ0) is 25.4. The fraction of sp³-hybridized carbons (Fsp3) is 0.214. The Morgan fingerprint density at radius 2 is 1.75 bits per heavy atom. The van der Waals surface area contributed by atoms with Crippen molar-refractivity contribution in [2.24, 2.45) is 0 Å². The van der Waals surface area contributed by atoms with E-state index in [-0.39, 0.29) is 18.0 Å². The lowest BCUT2D eigenvalue weighted by Gasteiger charge is -2.28. The summed E-state index contributed by atoms with van der Waals surface area (Å²) >= 11 is 5.87. The number of anilines is 2. The Morgan fingerprint density at radius 1 is 1.00 bits per heavy atom. The van der Waals surface area contributed by atoms with Crippen molar-refractivity contribution in [3.8, 4) is 5.82 Å². The van der Waals surface area contributed by atoms with Gasteiger partial charge in [-0.05, 0) is 92.6 Å². The topological polar surface area (TPSA) is 75.1 Å². The predicted octanol–water partition coefficient (Wildman–Crippen LogP) is 5.33. The van der Waals surface area contributed by atoms with Gasteiger partial charge in [0, 0.05) is 42.1 Å². The maximum Gasteiger partial charge on any atom is 0.221 e. The molecule has 1 aliphatic rings. The SMILES string of the molecule is CC(=O)Nc1ccc(N2C(=S)NC(c3ccccn3)C2c2cc(C)n(-c3ncccc3C)c2C)cc1. The summed E-state index contributed by atoms with van der Waals surface area (Å²) < 4.78 is 2.21. The molecule has 36 heavy (non-hydrogen) atoms. The largest absolute Gasteiger partial charge is 0.351 e. The average Bonchev–Trinajstić information content (AvgIpc) is 3.35. The third kappa shape index (κ3) is 4.24. The Morgan fingerprint density at radius 3 is 2.42 bits per heavy atom. The molecule has 3 aromatic heterocycles. The Hall–Kier alpha value is -4.04. The lowest BCUT2D eigenvalue weighted by molar-refractivity contribution is -0.114. The molecule has 0 radical (unpaired) electrons. The Kier molecular flexibility index (Phi) is 6.28. The number of hydrogen-bond acceptors (Lipinski definition) is 4. The minimum absolute atomic E-state index is 0.105. The molecule has 0 aliphatic carbocycles. The summed E-state index contributed by atoms with van der Waals surface area (Å²) in [5.41, 5.74) is 7.05. The highest BCUT2D eigenvalue weighted by molar-refractivity contribution is 7.80. The number of carbonyl (C=O) groups excluding carboxylic acids is 1. The Balaban J connectivity index is 1.64. The number of pyridine rings is 2. The number of hydrogen-bond donors (Lipinski definition) is 2. The van der Waals surface area contributed by atoms with Crippen LogP contribution in [0.25, 0.3) is 5.82 Å². The van der Waals surface area contributed by atoms with Crippen LogP contribution < -0.4 is 15.5 Å². The molecule has 1 saturated heterocycles. The van der Waals surface area contributed by atoms with Crippen LogP contribution >= 0.6 is 12.2 Å². The number of rotatable bonds is 5. The van der Waals surface area contributed by atoms with Crippen molar-refractivity contribution in [2.45, 2.75) is 39.8 Å². The monoisotopic (exact) mass is 496 g/mol. The first-order valence-corrected chi connectivity index (χ1v) is 12.2. The van der Waals surface area contributed by atoms with Crippen LogP contribution in [0.1, 0.15) is 47.2 Å². The molecule has 8 heteroatoms. The molecule has 1 aliphatic heterocycles. The summed E-state index contributed by atoms with van der Waals surface area (Å²) in [5, 5.41) is 6.98. The first-order valence-electron chi connectivity index (χ1n) is 11.8. The van der Waals surface area contributed by atoms with E-state index in [4.69, 9.17) is 12.2 Å². The molecule has 1 aromatic carbocycles. The number of amides is 1. The van der Waals surface area contributed by atoms with E-state index in [9.17, 15) is 4.79 Å². The molecule has 4 aromatic rings. The molecule has 0 spiro atoms. The van der Waals surface area contributed by atoms with Crippen LogP contribution in [0.3, 0.4) is 0 Å². The van der Waals surface area contributed by atoms with Crippen molar-refractivity contribution >= 4 is 34.6 Å². The van der Waals surface area contributed by atoms with E-state index in [0.717, 1.165) is 45.4 Å². The summed E-state index contributed by atoms with van der Waals surface area (Å²) in [5.74, 6) is 0.819. The standard InChI is InChI=1S/C28H28N6OS/c1-17-8-7-15-30-27(17)33-18(2)16-23(19(33)3)26-25(24-9-5-6-14-29-24)32-28(36)34(26)22-12-10-21(11-13-22)31-20(4)35/h5-16,25-26H,1-4H3,(H,31,35)(H,32,36). The van der Waals surface area contributed by atoms with Crippen molar-refractivity contribution in [3.05, 3.63) is 101 Å². The van der Waals surface area contributed by atoms with Gasteiger partial charge in [0.25, 0.3) is 0 Å². The molecule has 4 heterocycles. The Bertz CT molecular complexity index is 1430. The van der Waals surface area contributed by atoms with Gasteiger partial charge < -0.3 is 20.1 Å². The fourth-order valence-electron chi connectivity index (χ4n) is 4.98. The number of aryl methyl sites for hydroxylation is 2. The van der Waals surface area contributed by atoms with Gasteiger partial charge in [-0.15, -0.1) is 0 Å². The van der Waals surface area contributed by atoms with Gasteiger partial charge in [0.15, 0.2) is 5.11 Å². The van der Waals surface area contributed by atoms with E-state index < -0.39 is 0 Å². The molecule has 2 unspecified atom stereocenters. The normalized spacial score (nSPS) is 17.2. The molecule has 0 saturated carbocycles. The summed E-state index contributed by atoms with van der Waals surface area (Å²) in [6, 6.07) is 19.7. The highest BCUT2D eigenvalue weighted by Crippen LogP contribution is 2.43. The van der Waals surface area contributed by atoms with Gasteiger partial charge in [-0.1, -0.05) is 12.1 Å². The van der Waals surface area contributed by atoms with E-state index >= 15 is 0 Å². The van der Waals surface area contributed by atoms with Gasteiger partial charge in [-0.3, -0.25) is 9.78 Å². The average molecular weight is 497 g/mol. The molecule has 7 nitrogen and oxygen atoms in total.